The van der Waals surface area contributed by atoms with Crippen molar-refractivity contribution in [3.8, 4) is 0 Å². The molecule has 0 radical (unpaired) electrons. The minimum absolute atomic E-state index is 0.0814. The Bertz CT molecular complexity index is 1100. The lowest BCUT2D eigenvalue weighted by atomic mass is 9.98. The number of carbonyl (C=O) groups is 1. The zero-order valence-electron chi connectivity index (χ0n) is 17.2. The van der Waals surface area contributed by atoms with Gasteiger partial charge < -0.3 is 10.0 Å². The molecule has 0 aromatic carbocycles. The van der Waals surface area contributed by atoms with Gasteiger partial charge in [0.15, 0.2) is 5.82 Å². The van der Waals surface area contributed by atoms with Gasteiger partial charge in [0, 0.05) is 32.5 Å². The maximum Gasteiger partial charge on any atom is 0.325 e. The number of anilines is 2. The Morgan fingerprint density at radius 3 is 2.74 bits per heavy atom. The topological polar surface area (TPSA) is 103 Å². The van der Waals surface area contributed by atoms with Crippen LogP contribution in [0.5, 0.6) is 0 Å². The zero-order valence-corrected chi connectivity index (χ0v) is 18.0. The molecule has 2 aliphatic heterocycles. The first kappa shape index (κ1) is 20.6. The van der Waals surface area contributed by atoms with Gasteiger partial charge in [0.05, 0.1) is 11.4 Å². The van der Waals surface area contributed by atoms with Crippen LogP contribution in [0.1, 0.15) is 31.0 Å². The second-order valence-corrected chi connectivity index (χ2v) is 10.7. The Labute approximate surface area is 179 Å². The van der Waals surface area contributed by atoms with Crippen molar-refractivity contribution in [3.63, 3.8) is 0 Å². The Morgan fingerprint density at radius 2 is 2.13 bits per heavy atom. The highest BCUT2D eigenvalue weighted by atomic mass is 32.2. The maximum absolute atomic E-state index is 13.6. The number of nitrogens with one attached hydrogen (secondary N) is 1. The summed E-state index contributed by atoms with van der Waals surface area (Å²) in [7, 11) is -2.40. The molecule has 1 aromatic heterocycles. The molecule has 2 aliphatic carbocycles. The number of aliphatic hydroxyl groups is 1. The van der Waals surface area contributed by atoms with E-state index in [1.807, 2.05) is 6.08 Å². The Balaban J connectivity index is 1.45. The SMILES string of the molecule is C[C@H](O)C(=O)N1CC2C=C(c3cc(CC4CC4(F)F)c4c(n3)N(C)S(=O)(=O)N4)CC2C1. The van der Waals surface area contributed by atoms with Crippen LogP contribution >= 0.6 is 0 Å². The van der Waals surface area contributed by atoms with Gasteiger partial charge >= 0.3 is 10.2 Å². The third-order valence-electron chi connectivity index (χ3n) is 6.78. The van der Waals surface area contributed by atoms with Crippen molar-refractivity contribution in [2.45, 2.75) is 38.2 Å². The molecule has 31 heavy (non-hydrogen) atoms. The van der Waals surface area contributed by atoms with E-state index >= 15 is 0 Å². The molecule has 3 heterocycles. The summed E-state index contributed by atoms with van der Waals surface area (Å²) >= 11 is 0. The fourth-order valence-electron chi connectivity index (χ4n) is 4.86. The van der Waals surface area contributed by atoms with E-state index in [1.165, 1.54) is 14.0 Å². The molecule has 4 atom stereocenters. The molecule has 0 bridgehead atoms. The van der Waals surface area contributed by atoms with E-state index in [4.69, 9.17) is 0 Å². The van der Waals surface area contributed by atoms with Crippen molar-refractivity contribution in [2.24, 2.45) is 17.8 Å². The van der Waals surface area contributed by atoms with Crippen LogP contribution in [-0.2, 0) is 21.4 Å². The van der Waals surface area contributed by atoms with Gasteiger partial charge in [-0.15, -0.1) is 0 Å². The number of hydrogen-bond acceptors (Lipinski definition) is 5. The lowest BCUT2D eigenvalue weighted by Crippen LogP contribution is -2.36. The van der Waals surface area contributed by atoms with Crippen LogP contribution in [0, 0.1) is 17.8 Å². The minimum atomic E-state index is -3.79. The van der Waals surface area contributed by atoms with Crippen LogP contribution in [0.3, 0.4) is 0 Å². The second kappa shape index (κ2) is 6.61. The fourth-order valence-corrected chi connectivity index (χ4v) is 5.84. The Kier molecular flexibility index (Phi) is 4.40. The van der Waals surface area contributed by atoms with Crippen molar-refractivity contribution in [2.75, 3.05) is 29.2 Å². The molecule has 4 aliphatic rings. The number of fused-ring (bicyclic) bond motifs is 2. The van der Waals surface area contributed by atoms with Crippen molar-refractivity contribution in [1.29, 1.82) is 0 Å². The average Bonchev–Trinajstić information content (AvgIpc) is 3.02. The van der Waals surface area contributed by atoms with Gasteiger partial charge in [-0.25, -0.2) is 18.1 Å². The van der Waals surface area contributed by atoms with Gasteiger partial charge in [-0.2, -0.15) is 8.42 Å². The van der Waals surface area contributed by atoms with E-state index in [9.17, 15) is 27.1 Å². The van der Waals surface area contributed by atoms with Gasteiger partial charge in [-0.05, 0) is 48.8 Å². The maximum atomic E-state index is 13.6. The molecule has 5 rings (SSSR count). The van der Waals surface area contributed by atoms with Gasteiger partial charge in [0.25, 0.3) is 11.8 Å². The predicted octanol–water partition coefficient (Wildman–Crippen LogP) is 1.63. The molecule has 0 spiro atoms. The summed E-state index contributed by atoms with van der Waals surface area (Å²) in [6, 6.07) is 1.72. The Morgan fingerprint density at radius 1 is 1.42 bits per heavy atom. The molecule has 2 fully saturated rings. The zero-order chi connectivity index (χ0) is 22.3. The van der Waals surface area contributed by atoms with Crippen LogP contribution in [0.15, 0.2) is 12.1 Å². The van der Waals surface area contributed by atoms with E-state index in [0.717, 1.165) is 9.88 Å². The monoisotopic (exact) mass is 454 g/mol. The molecular formula is C20H24F2N4O4S. The van der Waals surface area contributed by atoms with E-state index in [0.29, 0.717) is 30.8 Å². The van der Waals surface area contributed by atoms with E-state index in [1.54, 1.807) is 11.0 Å². The number of alkyl halides is 2. The summed E-state index contributed by atoms with van der Waals surface area (Å²) in [5.74, 6) is -3.24. The van der Waals surface area contributed by atoms with Crippen molar-refractivity contribution in [1.82, 2.24) is 9.88 Å². The van der Waals surface area contributed by atoms with E-state index in [2.05, 4.69) is 9.71 Å². The minimum Gasteiger partial charge on any atom is -0.384 e. The third-order valence-corrected chi connectivity index (χ3v) is 8.14. The van der Waals surface area contributed by atoms with Crippen molar-refractivity contribution < 1.29 is 27.1 Å². The highest BCUT2D eigenvalue weighted by Crippen LogP contribution is 2.52. The first-order valence-corrected chi connectivity index (χ1v) is 11.8. The number of amides is 1. The smallest absolute Gasteiger partial charge is 0.325 e. The molecule has 1 saturated carbocycles. The summed E-state index contributed by atoms with van der Waals surface area (Å²) in [4.78, 5) is 18.3. The molecule has 3 unspecified atom stereocenters. The lowest BCUT2D eigenvalue weighted by molar-refractivity contribution is -0.138. The van der Waals surface area contributed by atoms with Crippen molar-refractivity contribution >= 4 is 33.2 Å². The number of pyridine rings is 1. The van der Waals surface area contributed by atoms with Gasteiger partial charge in [0.2, 0.25) is 0 Å². The highest BCUT2D eigenvalue weighted by Gasteiger charge is 2.56. The number of aromatic nitrogens is 1. The summed E-state index contributed by atoms with van der Waals surface area (Å²) in [5, 5.41) is 9.55. The molecule has 2 N–H and O–H groups in total. The molecule has 1 saturated heterocycles. The molecule has 1 aromatic rings. The molecule has 8 nitrogen and oxygen atoms in total. The molecule has 11 heteroatoms. The van der Waals surface area contributed by atoms with Crippen LogP contribution < -0.4 is 9.03 Å². The van der Waals surface area contributed by atoms with Crippen LogP contribution in [0.2, 0.25) is 0 Å². The number of likely N-dealkylation sites (tertiary alicyclic amines) is 1. The van der Waals surface area contributed by atoms with Gasteiger partial charge in [-0.1, -0.05) is 6.08 Å². The number of rotatable bonds is 4. The molecular weight excluding hydrogens is 430 g/mol. The van der Waals surface area contributed by atoms with Crippen LogP contribution in [-0.4, -0.2) is 61.5 Å². The first-order chi connectivity index (χ1) is 14.5. The van der Waals surface area contributed by atoms with E-state index < -0.39 is 28.2 Å². The number of hydrogen-bond donors (Lipinski definition) is 2. The van der Waals surface area contributed by atoms with Gasteiger partial charge in [-0.3, -0.25) is 9.52 Å². The first-order valence-electron chi connectivity index (χ1n) is 10.3. The standard InChI is InChI=1S/C20H24F2N4O4S/c1-10(27)19(28)26-8-13-3-11(4-14(13)9-26)16-6-12(5-15-7-20(15,21)22)17-18(23-16)25(2)31(29,30)24-17/h3,6,10,13-15,24,27H,4-5,7-9H2,1-2H3/t10-,13?,14?,15?/m0/s1. The largest absolute Gasteiger partial charge is 0.384 e. The predicted molar refractivity (Wildman–Crippen MR) is 110 cm³/mol. The highest BCUT2D eigenvalue weighted by molar-refractivity contribution is 7.94. The summed E-state index contributed by atoms with van der Waals surface area (Å²) in [5.41, 5.74) is 2.33. The van der Waals surface area contributed by atoms with Crippen LogP contribution in [0.4, 0.5) is 20.3 Å². The number of carbonyl (C=O) groups excluding carboxylic acids is 1. The number of allylic oxidation sites excluding steroid dienone is 1. The average molecular weight is 454 g/mol. The summed E-state index contributed by atoms with van der Waals surface area (Å²) < 4.78 is 55.2. The second-order valence-electron chi connectivity index (χ2n) is 9.05. The van der Waals surface area contributed by atoms with Crippen molar-refractivity contribution in [3.05, 3.63) is 23.4 Å². The lowest BCUT2D eigenvalue weighted by Gasteiger charge is -2.19. The molecule has 168 valence electrons. The molecule has 1 amide bonds. The van der Waals surface area contributed by atoms with Crippen LogP contribution in [0.25, 0.3) is 5.57 Å². The summed E-state index contributed by atoms with van der Waals surface area (Å²) in [6.07, 6.45) is 1.55. The van der Waals surface area contributed by atoms with Gasteiger partial charge in [0.1, 0.15) is 6.10 Å². The normalized spacial score (nSPS) is 30.5. The third kappa shape index (κ3) is 3.38. The summed E-state index contributed by atoms with van der Waals surface area (Å²) in [6.45, 7) is 2.51. The Hall–Kier alpha value is -2.27. The van der Waals surface area contributed by atoms with E-state index in [-0.39, 0.29) is 42.1 Å². The number of aliphatic hydroxyl groups excluding tert-OH is 1. The quantitative estimate of drug-likeness (QED) is 0.720. The fraction of sp³-hybridized carbons (Fsp3) is 0.600. The number of nitrogens with zero attached hydrogens (tertiary/aromatic N) is 3. The number of halogens is 2.